The molecular formula is C27H34Cl2N4O3S2. The number of hydrogen-bond donors (Lipinski definition) is 2. The van der Waals surface area contributed by atoms with Crippen LogP contribution < -0.4 is 15.0 Å². The molecule has 0 bridgehead atoms. The van der Waals surface area contributed by atoms with Crippen LogP contribution in [0.15, 0.2) is 29.6 Å². The topological polar surface area (TPSA) is 77.9 Å². The van der Waals surface area contributed by atoms with Crippen LogP contribution in [0.1, 0.15) is 48.0 Å². The highest BCUT2D eigenvalue weighted by molar-refractivity contribution is 7.21. The number of halogens is 2. The summed E-state index contributed by atoms with van der Waals surface area (Å²) in [6.07, 6.45) is 6.72. The number of nitrogens with one attached hydrogen (secondary N) is 1. The number of piperazine rings is 1. The maximum Gasteiger partial charge on any atom is 0.257 e. The fraction of sp³-hybridized carbons (Fsp3) is 0.481. The number of anilines is 2. The Bertz CT molecular complexity index is 1220. The molecule has 0 radical (unpaired) electrons. The second-order valence-electron chi connectivity index (χ2n) is 9.62. The minimum absolute atomic E-state index is 0. The van der Waals surface area contributed by atoms with Gasteiger partial charge in [0, 0.05) is 43.2 Å². The van der Waals surface area contributed by atoms with Crippen molar-refractivity contribution in [2.45, 2.75) is 45.1 Å². The molecule has 11 heteroatoms. The van der Waals surface area contributed by atoms with Gasteiger partial charge in [-0.15, -0.1) is 23.7 Å². The van der Waals surface area contributed by atoms with Gasteiger partial charge in [0.25, 0.3) is 5.91 Å². The van der Waals surface area contributed by atoms with Crippen molar-refractivity contribution in [3.05, 3.63) is 45.8 Å². The summed E-state index contributed by atoms with van der Waals surface area (Å²) in [5, 5.41) is 16.3. The fourth-order valence-corrected chi connectivity index (χ4v) is 7.35. The Balaban J connectivity index is 0.00000336. The van der Waals surface area contributed by atoms with Crippen LogP contribution in [-0.2, 0) is 0 Å². The smallest absolute Gasteiger partial charge is 0.257 e. The number of carbonyl (C=O) groups excluding carboxylic acids is 1. The number of rotatable bonds is 8. The molecule has 2 aliphatic rings. The lowest BCUT2D eigenvalue weighted by atomic mass is 9.94. The highest BCUT2D eigenvalue weighted by atomic mass is 35.5. The van der Waals surface area contributed by atoms with E-state index in [0.717, 1.165) is 53.4 Å². The summed E-state index contributed by atoms with van der Waals surface area (Å²) in [4.78, 5) is 24.0. The number of aliphatic hydroxyl groups excluding tert-OH is 1. The summed E-state index contributed by atoms with van der Waals surface area (Å²) in [7, 11) is 0. The molecule has 1 aliphatic heterocycles. The normalized spacial score (nSPS) is 16.8. The Morgan fingerprint density at radius 3 is 2.61 bits per heavy atom. The maximum absolute atomic E-state index is 13.1. The van der Waals surface area contributed by atoms with E-state index in [1.165, 1.54) is 43.4 Å². The monoisotopic (exact) mass is 596 g/mol. The standard InChI is InChI=1S/C27H33ClN4O3S2.ClH/c1-18-15-19(7-8-22(18)35-14-13-33)25(34)30-27-29-24(23-16-20(28)17-36-23)26(37-27)32-11-9-31(10-12-32)21-5-3-2-4-6-21;/h7-8,15-17,21,33H,2-6,9-14H2,1H3,(H,29,30,34);1H. The van der Waals surface area contributed by atoms with Gasteiger partial charge in [-0.3, -0.25) is 15.0 Å². The van der Waals surface area contributed by atoms with Gasteiger partial charge in [0.2, 0.25) is 0 Å². The van der Waals surface area contributed by atoms with Crippen LogP contribution in [0.4, 0.5) is 10.1 Å². The minimum atomic E-state index is -0.213. The molecule has 0 spiro atoms. The second-order valence-corrected chi connectivity index (χ2v) is 11.9. The highest BCUT2D eigenvalue weighted by Crippen LogP contribution is 2.42. The molecule has 3 aromatic rings. The van der Waals surface area contributed by atoms with Crippen molar-refractivity contribution in [3.63, 3.8) is 0 Å². The lowest BCUT2D eigenvalue weighted by molar-refractivity contribution is 0.102. The van der Waals surface area contributed by atoms with Gasteiger partial charge >= 0.3 is 0 Å². The van der Waals surface area contributed by atoms with Crippen molar-refractivity contribution >= 4 is 62.7 Å². The quantitative estimate of drug-likeness (QED) is 0.316. The Morgan fingerprint density at radius 1 is 1.18 bits per heavy atom. The zero-order valence-corrected chi connectivity index (χ0v) is 24.7. The number of carbonyl (C=O) groups is 1. The fourth-order valence-electron chi connectivity index (χ4n) is 5.19. The molecule has 5 rings (SSSR count). The van der Waals surface area contributed by atoms with E-state index in [2.05, 4.69) is 15.1 Å². The summed E-state index contributed by atoms with van der Waals surface area (Å²) >= 11 is 9.35. The van der Waals surface area contributed by atoms with Crippen molar-refractivity contribution in [1.29, 1.82) is 0 Å². The van der Waals surface area contributed by atoms with E-state index in [9.17, 15) is 4.79 Å². The molecule has 1 aliphatic carbocycles. The third-order valence-corrected chi connectivity index (χ3v) is 9.43. The molecule has 3 heterocycles. The molecule has 1 amide bonds. The van der Waals surface area contributed by atoms with E-state index >= 15 is 0 Å². The first-order chi connectivity index (χ1) is 18.0. The van der Waals surface area contributed by atoms with Gasteiger partial charge in [-0.1, -0.05) is 42.2 Å². The average Bonchev–Trinajstić information content (AvgIpc) is 3.54. The molecule has 7 nitrogen and oxygen atoms in total. The first-order valence-corrected chi connectivity index (χ1v) is 15.0. The number of aliphatic hydroxyl groups is 1. The minimum Gasteiger partial charge on any atom is -0.491 e. The van der Waals surface area contributed by atoms with Crippen LogP contribution in [0.3, 0.4) is 0 Å². The van der Waals surface area contributed by atoms with E-state index in [4.69, 9.17) is 26.4 Å². The first-order valence-electron chi connectivity index (χ1n) is 12.9. The largest absolute Gasteiger partial charge is 0.491 e. The number of benzene rings is 1. The van der Waals surface area contributed by atoms with Crippen LogP contribution in [-0.4, -0.2) is 66.3 Å². The third kappa shape index (κ3) is 6.81. The molecule has 0 atom stereocenters. The number of amides is 1. The Kier molecular flexibility index (Phi) is 10.3. The van der Waals surface area contributed by atoms with E-state index in [-0.39, 0.29) is 31.5 Å². The Labute approximate surface area is 243 Å². The number of aryl methyl sites for hydroxylation is 1. The van der Waals surface area contributed by atoms with Crippen LogP contribution in [0, 0.1) is 6.92 Å². The van der Waals surface area contributed by atoms with Crippen LogP contribution in [0.2, 0.25) is 5.02 Å². The summed E-state index contributed by atoms with van der Waals surface area (Å²) < 4.78 is 5.51. The number of ether oxygens (including phenoxy) is 1. The van der Waals surface area contributed by atoms with Gasteiger partial charge in [-0.05, 0) is 49.6 Å². The molecule has 1 saturated heterocycles. The Morgan fingerprint density at radius 2 is 1.95 bits per heavy atom. The molecular weight excluding hydrogens is 563 g/mol. The van der Waals surface area contributed by atoms with Gasteiger partial charge in [-0.25, -0.2) is 4.98 Å². The zero-order chi connectivity index (χ0) is 25.8. The highest BCUT2D eigenvalue weighted by Gasteiger charge is 2.28. The van der Waals surface area contributed by atoms with Crippen LogP contribution in [0.5, 0.6) is 5.75 Å². The maximum atomic E-state index is 13.1. The summed E-state index contributed by atoms with van der Waals surface area (Å²) in [5.74, 6) is 0.446. The third-order valence-electron chi connectivity index (χ3n) is 7.11. The van der Waals surface area contributed by atoms with Gasteiger partial charge in [0.05, 0.1) is 16.5 Å². The van der Waals surface area contributed by atoms with Crippen molar-refractivity contribution in [2.24, 2.45) is 0 Å². The second kappa shape index (κ2) is 13.5. The van der Waals surface area contributed by atoms with Crippen molar-refractivity contribution in [2.75, 3.05) is 49.6 Å². The van der Waals surface area contributed by atoms with E-state index in [1.54, 1.807) is 29.5 Å². The number of thiophene rings is 1. The molecule has 206 valence electrons. The molecule has 38 heavy (non-hydrogen) atoms. The van der Waals surface area contributed by atoms with Gasteiger partial charge < -0.3 is 14.7 Å². The molecule has 2 aromatic heterocycles. The van der Waals surface area contributed by atoms with Crippen LogP contribution >= 0.6 is 46.7 Å². The predicted molar refractivity (Wildman–Crippen MR) is 160 cm³/mol. The lowest BCUT2D eigenvalue weighted by Crippen LogP contribution is -2.50. The SMILES string of the molecule is Cc1cc(C(=O)Nc2nc(-c3cc(Cl)cs3)c(N3CCN(C4CCCCC4)CC3)s2)ccc1OCCO.Cl. The lowest BCUT2D eigenvalue weighted by Gasteiger charge is -2.41. The van der Waals surface area contributed by atoms with E-state index in [1.807, 2.05) is 18.4 Å². The molecule has 0 unspecified atom stereocenters. The Hall–Kier alpha value is -1.88. The molecule has 1 aromatic carbocycles. The number of nitrogens with zero attached hydrogens (tertiary/aromatic N) is 3. The molecule has 2 fully saturated rings. The van der Waals surface area contributed by atoms with Gasteiger partial charge in [0.15, 0.2) is 5.13 Å². The molecule has 1 saturated carbocycles. The number of thiazole rings is 1. The van der Waals surface area contributed by atoms with Crippen molar-refractivity contribution in [3.8, 4) is 16.3 Å². The van der Waals surface area contributed by atoms with Crippen molar-refractivity contribution in [1.82, 2.24) is 9.88 Å². The zero-order valence-electron chi connectivity index (χ0n) is 21.5. The number of hydrogen-bond acceptors (Lipinski definition) is 8. The van der Waals surface area contributed by atoms with Crippen LogP contribution in [0.25, 0.3) is 10.6 Å². The average molecular weight is 598 g/mol. The predicted octanol–water partition coefficient (Wildman–Crippen LogP) is 6.33. The van der Waals surface area contributed by atoms with Crippen molar-refractivity contribution < 1.29 is 14.6 Å². The van der Waals surface area contributed by atoms with E-state index in [0.29, 0.717) is 21.5 Å². The first kappa shape index (κ1) is 29.1. The van der Waals surface area contributed by atoms with E-state index < -0.39 is 0 Å². The summed E-state index contributed by atoms with van der Waals surface area (Å²) in [6, 6.07) is 7.96. The van der Waals surface area contributed by atoms with Gasteiger partial charge in [-0.2, -0.15) is 0 Å². The molecule has 2 N–H and O–H groups in total. The summed E-state index contributed by atoms with van der Waals surface area (Å²) in [5.41, 5.74) is 2.25. The van der Waals surface area contributed by atoms with Gasteiger partial charge in [0.1, 0.15) is 23.1 Å². The summed E-state index contributed by atoms with van der Waals surface area (Å²) in [6.45, 7) is 6.06. The number of aromatic nitrogens is 1.